The van der Waals surface area contributed by atoms with Crippen molar-refractivity contribution in [2.75, 3.05) is 26.9 Å². The van der Waals surface area contributed by atoms with E-state index in [1.807, 2.05) is 12.1 Å². The van der Waals surface area contributed by atoms with E-state index in [1.54, 1.807) is 7.11 Å². The first-order valence-corrected chi connectivity index (χ1v) is 6.77. The molecular weight excluding hydrogens is 242 g/mol. The quantitative estimate of drug-likeness (QED) is 0.849. The summed E-state index contributed by atoms with van der Waals surface area (Å²) in [7, 11) is 1.68. The van der Waals surface area contributed by atoms with Crippen LogP contribution in [0.4, 0.5) is 0 Å². The SMILES string of the molecule is COc1ccc(C)cc1CNCC1(O)CCOCC1. The molecule has 1 fully saturated rings. The van der Waals surface area contributed by atoms with Crippen molar-refractivity contribution < 1.29 is 14.6 Å². The van der Waals surface area contributed by atoms with Gasteiger partial charge in [0.25, 0.3) is 0 Å². The first-order valence-electron chi connectivity index (χ1n) is 6.77. The second kappa shape index (κ2) is 6.37. The Hall–Kier alpha value is -1.10. The highest BCUT2D eigenvalue weighted by Gasteiger charge is 2.29. The number of hydrogen-bond donors (Lipinski definition) is 2. The van der Waals surface area contributed by atoms with Crippen molar-refractivity contribution in [1.29, 1.82) is 0 Å². The average molecular weight is 265 g/mol. The van der Waals surface area contributed by atoms with E-state index < -0.39 is 5.60 Å². The van der Waals surface area contributed by atoms with Gasteiger partial charge in [0.05, 0.1) is 12.7 Å². The van der Waals surface area contributed by atoms with E-state index in [0.717, 1.165) is 11.3 Å². The second-order valence-electron chi connectivity index (χ2n) is 5.26. The Kier molecular flexibility index (Phi) is 4.80. The van der Waals surface area contributed by atoms with Gasteiger partial charge >= 0.3 is 0 Å². The monoisotopic (exact) mass is 265 g/mol. The highest BCUT2D eigenvalue weighted by Crippen LogP contribution is 2.21. The van der Waals surface area contributed by atoms with E-state index in [2.05, 4.69) is 18.3 Å². The lowest BCUT2D eigenvalue weighted by molar-refractivity contribution is -0.0617. The van der Waals surface area contributed by atoms with Crippen LogP contribution in [-0.2, 0) is 11.3 Å². The smallest absolute Gasteiger partial charge is 0.123 e. The number of ether oxygens (including phenoxy) is 2. The maximum Gasteiger partial charge on any atom is 0.123 e. The molecule has 106 valence electrons. The molecule has 2 N–H and O–H groups in total. The van der Waals surface area contributed by atoms with Gasteiger partial charge in [0.15, 0.2) is 0 Å². The predicted octanol–water partition coefficient (Wildman–Crippen LogP) is 1.63. The van der Waals surface area contributed by atoms with Gasteiger partial charge in [0.1, 0.15) is 5.75 Å². The Labute approximate surface area is 114 Å². The van der Waals surface area contributed by atoms with Crippen molar-refractivity contribution in [3.8, 4) is 5.75 Å². The minimum absolute atomic E-state index is 0.591. The fraction of sp³-hybridized carbons (Fsp3) is 0.600. The van der Waals surface area contributed by atoms with Crippen molar-refractivity contribution in [3.05, 3.63) is 29.3 Å². The molecule has 0 unspecified atom stereocenters. The van der Waals surface area contributed by atoms with E-state index in [0.29, 0.717) is 39.1 Å². The van der Waals surface area contributed by atoms with Crippen LogP contribution in [0.25, 0.3) is 0 Å². The number of benzene rings is 1. The largest absolute Gasteiger partial charge is 0.496 e. The molecule has 0 spiro atoms. The number of nitrogens with one attached hydrogen (secondary N) is 1. The molecule has 1 heterocycles. The zero-order valence-corrected chi connectivity index (χ0v) is 11.7. The average Bonchev–Trinajstić information content (AvgIpc) is 2.40. The fourth-order valence-corrected chi connectivity index (χ4v) is 2.40. The van der Waals surface area contributed by atoms with Crippen LogP contribution in [0.3, 0.4) is 0 Å². The van der Waals surface area contributed by atoms with Gasteiger partial charge in [-0.05, 0) is 13.0 Å². The number of rotatable bonds is 5. The lowest BCUT2D eigenvalue weighted by Gasteiger charge is -2.32. The number of hydrogen-bond acceptors (Lipinski definition) is 4. The van der Waals surface area contributed by atoms with Gasteiger partial charge in [0, 0.05) is 44.7 Å². The van der Waals surface area contributed by atoms with Crippen LogP contribution in [0.5, 0.6) is 5.75 Å². The summed E-state index contributed by atoms with van der Waals surface area (Å²) >= 11 is 0. The molecule has 19 heavy (non-hydrogen) atoms. The van der Waals surface area contributed by atoms with E-state index in [4.69, 9.17) is 9.47 Å². The minimum atomic E-state index is -0.630. The predicted molar refractivity (Wildman–Crippen MR) is 74.4 cm³/mol. The summed E-state index contributed by atoms with van der Waals surface area (Å²) in [6, 6.07) is 6.13. The summed E-state index contributed by atoms with van der Waals surface area (Å²) in [6.07, 6.45) is 1.40. The van der Waals surface area contributed by atoms with Crippen LogP contribution in [-0.4, -0.2) is 37.6 Å². The van der Waals surface area contributed by atoms with Crippen molar-refractivity contribution >= 4 is 0 Å². The molecule has 4 heteroatoms. The molecule has 0 aliphatic carbocycles. The fourth-order valence-electron chi connectivity index (χ4n) is 2.40. The Balaban J connectivity index is 1.90. The molecule has 0 atom stereocenters. The van der Waals surface area contributed by atoms with Crippen LogP contribution in [0, 0.1) is 6.92 Å². The third-order valence-electron chi connectivity index (χ3n) is 3.63. The molecule has 1 aliphatic heterocycles. The van der Waals surface area contributed by atoms with E-state index in [-0.39, 0.29) is 0 Å². The molecule has 1 aromatic rings. The van der Waals surface area contributed by atoms with Gasteiger partial charge in [-0.25, -0.2) is 0 Å². The first kappa shape index (κ1) is 14.3. The van der Waals surface area contributed by atoms with Crippen LogP contribution in [0.2, 0.25) is 0 Å². The topological polar surface area (TPSA) is 50.7 Å². The lowest BCUT2D eigenvalue weighted by atomic mass is 9.94. The number of aryl methyl sites for hydroxylation is 1. The molecule has 1 aliphatic rings. The summed E-state index contributed by atoms with van der Waals surface area (Å²) in [6.45, 7) is 4.65. The number of methoxy groups -OCH3 is 1. The molecule has 0 bridgehead atoms. The molecule has 2 rings (SSSR count). The Morgan fingerprint density at radius 2 is 2.11 bits per heavy atom. The second-order valence-corrected chi connectivity index (χ2v) is 5.26. The zero-order valence-electron chi connectivity index (χ0n) is 11.7. The Morgan fingerprint density at radius 1 is 1.37 bits per heavy atom. The van der Waals surface area contributed by atoms with Gasteiger partial charge in [-0.2, -0.15) is 0 Å². The van der Waals surface area contributed by atoms with E-state index >= 15 is 0 Å². The third-order valence-corrected chi connectivity index (χ3v) is 3.63. The summed E-state index contributed by atoms with van der Waals surface area (Å²) in [4.78, 5) is 0. The van der Waals surface area contributed by atoms with Crippen molar-refractivity contribution in [1.82, 2.24) is 5.32 Å². The summed E-state index contributed by atoms with van der Waals surface area (Å²) in [5, 5.41) is 13.7. The van der Waals surface area contributed by atoms with Crippen molar-refractivity contribution in [2.24, 2.45) is 0 Å². The van der Waals surface area contributed by atoms with E-state index in [1.165, 1.54) is 5.56 Å². The van der Waals surface area contributed by atoms with Gasteiger partial charge in [-0.3, -0.25) is 0 Å². The molecule has 0 aromatic heterocycles. The Morgan fingerprint density at radius 3 is 2.79 bits per heavy atom. The van der Waals surface area contributed by atoms with Crippen LogP contribution in [0.15, 0.2) is 18.2 Å². The summed E-state index contributed by atoms with van der Waals surface area (Å²) in [5.41, 5.74) is 1.70. The van der Waals surface area contributed by atoms with Crippen molar-refractivity contribution in [2.45, 2.75) is 31.9 Å². The third kappa shape index (κ3) is 3.93. The first-order chi connectivity index (χ1) is 9.13. The van der Waals surface area contributed by atoms with Gasteiger partial charge in [-0.15, -0.1) is 0 Å². The molecule has 1 aromatic carbocycles. The molecule has 4 nitrogen and oxygen atoms in total. The maximum absolute atomic E-state index is 10.4. The highest BCUT2D eigenvalue weighted by atomic mass is 16.5. The Bertz CT molecular complexity index is 414. The van der Waals surface area contributed by atoms with Gasteiger partial charge < -0.3 is 19.9 Å². The summed E-state index contributed by atoms with van der Waals surface area (Å²) in [5.74, 6) is 0.886. The van der Waals surface area contributed by atoms with Crippen LogP contribution >= 0.6 is 0 Å². The minimum Gasteiger partial charge on any atom is -0.496 e. The normalized spacial score (nSPS) is 18.3. The molecular formula is C15H23NO3. The van der Waals surface area contributed by atoms with Crippen LogP contribution in [0.1, 0.15) is 24.0 Å². The van der Waals surface area contributed by atoms with Crippen LogP contribution < -0.4 is 10.1 Å². The molecule has 1 saturated heterocycles. The number of aliphatic hydroxyl groups is 1. The molecule has 0 radical (unpaired) electrons. The van der Waals surface area contributed by atoms with Crippen molar-refractivity contribution in [3.63, 3.8) is 0 Å². The molecule has 0 amide bonds. The standard InChI is InChI=1S/C15H23NO3/c1-12-3-4-14(18-2)13(9-12)10-16-11-15(17)5-7-19-8-6-15/h3-4,9,16-17H,5-8,10-11H2,1-2H3. The lowest BCUT2D eigenvalue weighted by Crippen LogP contribution is -2.44. The van der Waals surface area contributed by atoms with E-state index in [9.17, 15) is 5.11 Å². The van der Waals surface area contributed by atoms with Gasteiger partial charge in [0.2, 0.25) is 0 Å². The highest BCUT2D eigenvalue weighted by molar-refractivity contribution is 5.36. The maximum atomic E-state index is 10.4. The summed E-state index contributed by atoms with van der Waals surface area (Å²) < 4.78 is 10.6. The zero-order chi connectivity index (χ0) is 13.7. The van der Waals surface area contributed by atoms with Gasteiger partial charge in [-0.1, -0.05) is 17.7 Å². The molecule has 0 saturated carbocycles.